The molecule has 10 heteroatoms. The Morgan fingerprint density at radius 1 is 1.08 bits per heavy atom. The zero-order valence-corrected chi connectivity index (χ0v) is 22.0. The van der Waals surface area contributed by atoms with Crippen molar-refractivity contribution >= 4 is 23.3 Å². The third-order valence-corrected chi connectivity index (χ3v) is 6.37. The molecule has 0 atom stereocenters. The van der Waals surface area contributed by atoms with Crippen LogP contribution in [0.3, 0.4) is 0 Å². The van der Waals surface area contributed by atoms with Crippen molar-refractivity contribution in [3.63, 3.8) is 0 Å². The number of rotatable bonds is 10. The highest BCUT2D eigenvalue weighted by Gasteiger charge is 2.52. The lowest BCUT2D eigenvalue weighted by Gasteiger charge is -2.16. The van der Waals surface area contributed by atoms with Crippen LogP contribution in [0.25, 0.3) is 0 Å². The molecule has 1 aliphatic carbocycles. The van der Waals surface area contributed by atoms with Crippen LogP contribution in [-0.2, 0) is 22.6 Å². The van der Waals surface area contributed by atoms with Gasteiger partial charge in [0.1, 0.15) is 5.75 Å². The SMILES string of the molecule is CCOC(=O)C1(Cn2c(=O)[nH]/c(=N\c3ccc(OCC(C)C)cc3)n(Cc3ccc(Cl)cc3)c2=O)CC1. The fourth-order valence-electron chi connectivity index (χ4n) is 3.86. The average Bonchev–Trinajstić information content (AvgIpc) is 3.66. The van der Waals surface area contributed by atoms with Gasteiger partial charge in [-0.1, -0.05) is 37.6 Å². The van der Waals surface area contributed by atoms with Crippen LogP contribution in [0.4, 0.5) is 5.69 Å². The van der Waals surface area contributed by atoms with Gasteiger partial charge in [0, 0.05) is 11.6 Å². The van der Waals surface area contributed by atoms with Gasteiger partial charge in [0.25, 0.3) is 0 Å². The lowest BCUT2D eigenvalue weighted by molar-refractivity contribution is -0.150. The van der Waals surface area contributed by atoms with Gasteiger partial charge >= 0.3 is 17.3 Å². The first-order valence-corrected chi connectivity index (χ1v) is 12.7. The van der Waals surface area contributed by atoms with Crippen LogP contribution in [0.2, 0.25) is 5.02 Å². The molecule has 2 aromatic carbocycles. The molecule has 0 saturated heterocycles. The minimum absolute atomic E-state index is 0.0528. The number of hydrogen-bond donors (Lipinski definition) is 1. The van der Waals surface area contributed by atoms with E-state index in [0.29, 0.717) is 41.8 Å². The zero-order valence-electron chi connectivity index (χ0n) is 21.2. The van der Waals surface area contributed by atoms with E-state index in [9.17, 15) is 14.4 Å². The van der Waals surface area contributed by atoms with Crippen LogP contribution in [-0.4, -0.2) is 33.3 Å². The summed E-state index contributed by atoms with van der Waals surface area (Å²) in [6.45, 7) is 6.79. The number of hydrogen-bond acceptors (Lipinski definition) is 6. The zero-order chi connectivity index (χ0) is 26.6. The van der Waals surface area contributed by atoms with Gasteiger partial charge in [-0.2, -0.15) is 0 Å². The summed E-state index contributed by atoms with van der Waals surface area (Å²) in [4.78, 5) is 46.4. The van der Waals surface area contributed by atoms with Gasteiger partial charge in [0.2, 0.25) is 5.62 Å². The topological polar surface area (TPSA) is 108 Å². The summed E-state index contributed by atoms with van der Waals surface area (Å²) < 4.78 is 13.3. The predicted molar refractivity (Wildman–Crippen MR) is 140 cm³/mol. The van der Waals surface area contributed by atoms with Gasteiger partial charge in [-0.05, 0) is 67.6 Å². The Balaban J connectivity index is 1.75. The molecular weight excluding hydrogens is 496 g/mol. The van der Waals surface area contributed by atoms with E-state index in [-0.39, 0.29) is 31.3 Å². The van der Waals surface area contributed by atoms with Crippen LogP contribution >= 0.6 is 11.6 Å². The van der Waals surface area contributed by atoms with Crippen molar-refractivity contribution in [2.75, 3.05) is 13.2 Å². The predicted octanol–water partition coefficient (Wildman–Crippen LogP) is 3.65. The minimum atomic E-state index is -0.852. The van der Waals surface area contributed by atoms with Gasteiger partial charge in [-0.15, -0.1) is 0 Å². The first-order chi connectivity index (χ1) is 17.7. The number of carbonyl (C=O) groups excluding carboxylic acids is 1. The van der Waals surface area contributed by atoms with Crippen molar-refractivity contribution < 1.29 is 14.3 Å². The van der Waals surface area contributed by atoms with Crippen LogP contribution < -0.4 is 21.7 Å². The van der Waals surface area contributed by atoms with E-state index < -0.39 is 16.8 Å². The van der Waals surface area contributed by atoms with E-state index in [1.165, 1.54) is 4.57 Å². The molecule has 1 aromatic heterocycles. The quantitative estimate of drug-likeness (QED) is 0.406. The fourth-order valence-corrected chi connectivity index (χ4v) is 3.99. The summed E-state index contributed by atoms with van der Waals surface area (Å²) >= 11 is 6.03. The molecule has 0 aliphatic heterocycles. The maximum atomic E-state index is 13.6. The maximum Gasteiger partial charge on any atom is 0.335 e. The summed E-state index contributed by atoms with van der Waals surface area (Å²) in [6.07, 6.45) is 1.12. The highest BCUT2D eigenvalue weighted by Crippen LogP contribution is 2.47. The maximum absolute atomic E-state index is 13.6. The lowest BCUT2D eigenvalue weighted by Crippen LogP contribution is -2.51. The number of aromatic amines is 1. The van der Waals surface area contributed by atoms with E-state index >= 15 is 0 Å². The summed E-state index contributed by atoms with van der Waals surface area (Å²) in [5.41, 5.74) is -0.619. The summed E-state index contributed by atoms with van der Waals surface area (Å²) in [5.74, 6) is 0.713. The summed E-state index contributed by atoms with van der Waals surface area (Å²) in [6, 6.07) is 14.2. The van der Waals surface area contributed by atoms with E-state index in [0.717, 1.165) is 10.1 Å². The minimum Gasteiger partial charge on any atom is -0.493 e. The molecule has 3 aromatic rings. The van der Waals surface area contributed by atoms with Crippen LogP contribution in [0.1, 0.15) is 39.2 Å². The van der Waals surface area contributed by atoms with Crippen LogP contribution in [0.5, 0.6) is 5.75 Å². The molecule has 0 amide bonds. The van der Waals surface area contributed by atoms with Crippen LogP contribution in [0, 0.1) is 11.3 Å². The number of halogens is 1. The fraction of sp³-hybridized carbons (Fsp3) is 0.407. The monoisotopic (exact) mass is 526 g/mol. The van der Waals surface area contributed by atoms with Crippen molar-refractivity contribution in [3.05, 3.63) is 85.7 Å². The second-order valence-electron chi connectivity index (χ2n) is 9.65. The van der Waals surface area contributed by atoms with E-state index in [2.05, 4.69) is 23.8 Å². The molecule has 4 rings (SSSR count). The molecule has 0 spiro atoms. The number of aromatic nitrogens is 3. The number of nitrogens with zero attached hydrogens (tertiary/aromatic N) is 3. The molecule has 1 aliphatic rings. The molecule has 37 heavy (non-hydrogen) atoms. The largest absolute Gasteiger partial charge is 0.493 e. The second-order valence-corrected chi connectivity index (χ2v) is 10.1. The Labute approximate surface area is 219 Å². The van der Waals surface area contributed by atoms with E-state index in [1.54, 1.807) is 55.5 Å². The number of benzene rings is 2. The Kier molecular flexibility index (Phi) is 8.02. The third kappa shape index (κ3) is 6.40. The summed E-state index contributed by atoms with van der Waals surface area (Å²) in [7, 11) is 0. The lowest BCUT2D eigenvalue weighted by atomic mass is 10.1. The van der Waals surface area contributed by atoms with E-state index in [4.69, 9.17) is 21.1 Å². The van der Waals surface area contributed by atoms with E-state index in [1.807, 2.05) is 0 Å². The van der Waals surface area contributed by atoms with Gasteiger partial charge in [0.15, 0.2) is 0 Å². The highest BCUT2D eigenvalue weighted by molar-refractivity contribution is 6.30. The number of nitrogens with one attached hydrogen (secondary N) is 1. The van der Waals surface area contributed by atoms with Gasteiger partial charge < -0.3 is 9.47 Å². The first kappa shape index (κ1) is 26.5. The molecule has 1 heterocycles. The molecule has 9 nitrogen and oxygen atoms in total. The smallest absolute Gasteiger partial charge is 0.335 e. The molecule has 0 radical (unpaired) electrons. The molecule has 1 N–H and O–H groups in total. The number of esters is 1. The standard InChI is InChI=1S/C27H31ClN4O5/c1-4-36-23(33)27(13-14-27)17-32-25(34)30-24(29-21-9-11-22(12-10-21)37-16-18(2)3)31(26(32)35)15-19-5-7-20(28)8-6-19/h5-12,18H,4,13-17H2,1-3H3,(H,29,30,34). The first-order valence-electron chi connectivity index (χ1n) is 12.3. The highest BCUT2D eigenvalue weighted by atomic mass is 35.5. The Morgan fingerprint density at radius 3 is 2.35 bits per heavy atom. The molecule has 0 unspecified atom stereocenters. The molecule has 196 valence electrons. The third-order valence-electron chi connectivity index (χ3n) is 6.11. The Hall–Kier alpha value is -3.59. The number of ether oxygens (including phenoxy) is 2. The van der Waals surface area contributed by atoms with Crippen molar-refractivity contribution in [1.29, 1.82) is 0 Å². The summed E-state index contributed by atoms with van der Waals surface area (Å²) in [5, 5.41) is 0.572. The van der Waals surface area contributed by atoms with Crippen molar-refractivity contribution in [2.24, 2.45) is 16.3 Å². The van der Waals surface area contributed by atoms with Gasteiger partial charge in [-0.3, -0.25) is 14.3 Å². The van der Waals surface area contributed by atoms with Crippen LogP contribution in [0.15, 0.2) is 63.1 Å². The molecule has 0 bridgehead atoms. The van der Waals surface area contributed by atoms with Crippen molar-refractivity contribution in [3.8, 4) is 5.75 Å². The Morgan fingerprint density at radius 2 is 1.76 bits per heavy atom. The van der Waals surface area contributed by atoms with Crippen molar-refractivity contribution in [2.45, 2.75) is 46.7 Å². The normalized spacial score (nSPS) is 14.6. The second kappa shape index (κ2) is 11.2. The molecular formula is C27H31ClN4O5. The molecule has 1 saturated carbocycles. The van der Waals surface area contributed by atoms with Crippen molar-refractivity contribution in [1.82, 2.24) is 14.1 Å². The number of carbonyl (C=O) groups is 1. The number of H-pyrrole nitrogens is 1. The Bertz CT molecular complexity index is 1430. The van der Waals surface area contributed by atoms with Gasteiger partial charge in [-0.25, -0.2) is 19.1 Å². The molecule has 1 fully saturated rings. The van der Waals surface area contributed by atoms with Gasteiger partial charge in [0.05, 0.1) is 30.9 Å². The average molecular weight is 527 g/mol.